The molecule has 0 saturated carbocycles. The second kappa shape index (κ2) is 7.82. The lowest BCUT2D eigenvalue weighted by atomic mass is 10.0. The Morgan fingerprint density at radius 2 is 1.90 bits per heavy atom. The maximum absolute atomic E-state index is 13.7. The zero-order chi connectivity index (χ0) is 22.3. The van der Waals surface area contributed by atoms with Crippen molar-refractivity contribution in [1.29, 1.82) is 0 Å². The van der Waals surface area contributed by atoms with Crippen LogP contribution in [-0.4, -0.2) is 20.6 Å². The van der Waals surface area contributed by atoms with Crippen LogP contribution in [0.25, 0.3) is 16.6 Å². The average molecular weight is 457 g/mol. The van der Waals surface area contributed by atoms with E-state index in [2.05, 4.69) is 4.98 Å². The first-order chi connectivity index (χ1) is 14.7. The SMILES string of the molecule is CC(C)(Sc1cccc(-n2c(=O)[nH]c3csc(C(=O)O)c3c2=O)c1)c1cccc(F)c1. The Kier molecular flexibility index (Phi) is 5.32. The first-order valence-electron chi connectivity index (χ1n) is 9.23. The van der Waals surface area contributed by atoms with Crippen molar-refractivity contribution >= 4 is 40.0 Å². The first kappa shape index (κ1) is 21.1. The minimum Gasteiger partial charge on any atom is -0.477 e. The number of fused-ring (bicyclic) bond motifs is 1. The van der Waals surface area contributed by atoms with Crippen LogP contribution in [0.3, 0.4) is 0 Å². The fraction of sp³-hybridized carbons (Fsp3) is 0.136. The molecule has 0 aliphatic carbocycles. The summed E-state index contributed by atoms with van der Waals surface area (Å²) in [6, 6.07) is 13.2. The van der Waals surface area contributed by atoms with Crippen molar-refractivity contribution in [3.05, 3.63) is 91.0 Å². The molecule has 0 bridgehead atoms. The molecule has 9 heteroatoms. The summed E-state index contributed by atoms with van der Waals surface area (Å²) in [7, 11) is 0. The minimum absolute atomic E-state index is 0.0322. The molecule has 2 aromatic carbocycles. The summed E-state index contributed by atoms with van der Waals surface area (Å²) in [5.74, 6) is -1.55. The van der Waals surface area contributed by atoms with Gasteiger partial charge in [-0.05, 0) is 49.7 Å². The average Bonchev–Trinajstić information content (AvgIpc) is 3.12. The maximum Gasteiger partial charge on any atom is 0.346 e. The van der Waals surface area contributed by atoms with Gasteiger partial charge < -0.3 is 10.1 Å². The largest absolute Gasteiger partial charge is 0.477 e. The van der Waals surface area contributed by atoms with E-state index in [4.69, 9.17) is 0 Å². The van der Waals surface area contributed by atoms with Crippen molar-refractivity contribution in [3.63, 3.8) is 0 Å². The van der Waals surface area contributed by atoms with Crippen molar-refractivity contribution in [1.82, 2.24) is 9.55 Å². The van der Waals surface area contributed by atoms with E-state index >= 15 is 0 Å². The molecule has 4 rings (SSSR count). The molecule has 2 aromatic heterocycles. The van der Waals surface area contributed by atoms with E-state index in [0.29, 0.717) is 5.69 Å². The normalized spacial score (nSPS) is 11.7. The fourth-order valence-electron chi connectivity index (χ4n) is 3.33. The van der Waals surface area contributed by atoms with E-state index in [1.807, 2.05) is 26.0 Å². The van der Waals surface area contributed by atoms with E-state index in [0.717, 1.165) is 26.4 Å². The lowest BCUT2D eigenvalue weighted by Crippen LogP contribution is -2.33. The molecule has 158 valence electrons. The number of thioether (sulfide) groups is 1. The monoisotopic (exact) mass is 456 g/mol. The highest BCUT2D eigenvalue weighted by Gasteiger charge is 2.23. The molecule has 0 fully saturated rings. The van der Waals surface area contributed by atoms with Crippen LogP contribution in [0.5, 0.6) is 0 Å². The topological polar surface area (TPSA) is 92.2 Å². The van der Waals surface area contributed by atoms with E-state index in [1.165, 1.54) is 29.3 Å². The minimum atomic E-state index is -1.23. The van der Waals surface area contributed by atoms with Gasteiger partial charge >= 0.3 is 11.7 Å². The number of aromatic amines is 1. The van der Waals surface area contributed by atoms with Crippen LogP contribution in [0.2, 0.25) is 0 Å². The highest BCUT2D eigenvalue weighted by atomic mass is 32.2. The molecule has 0 unspecified atom stereocenters. The van der Waals surface area contributed by atoms with Gasteiger partial charge in [-0.15, -0.1) is 23.1 Å². The molecule has 0 aliphatic rings. The molecule has 0 atom stereocenters. The predicted molar refractivity (Wildman–Crippen MR) is 120 cm³/mol. The third-order valence-corrected chi connectivity index (χ3v) is 7.02. The zero-order valence-electron chi connectivity index (χ0n) is 16.5. The molecule has 0 spiro atoms. The standard InChI is InChI=1S/C22H17FN2O4S2/c1-22(2,12-5-3-6-13(23)9-12)31-15-8-4-7-14(10-15)25-19(26)17-16(24-21(25)29)11-30-18(17)20(27)28/h3-11H,1-2H3,(H,24,29)(H,27,28). The Balaban J connectivity index is 1.79. The highest BCUT2D eigenvalue weighted by molar-refractivity contribution is 8.00. The Bertz CT molecular complexity index is 1440. The van der Waals surface area contributed by atoms with Gasteiger partial charge in [0.15, 0.2) is 0 Å². The van der Waals surface area contributed by atoms with Gasteiger partial charge in [0, 0.05) is 15.0 Å². The Morgan fingerprint density at radius 3 is 2.61 bits per heavy atom. The molecule has 0 saturated heterocycles. The number of H-pyrrole nitrogens is 1. The van der Waals surface area contributed by atoms with Gasteiger partial charge in [-0.1, -0.05) is 18.2 Å². The van der Waals surface area contributed by atoms with Crippen molar-refractivity contribution in [2.24, 2.45) is 0 Å². The fourth-order valence-corrected chi connectivity index (χ4v) is 5.32. The molecule has 31 heavy (non-hydrogen) atoms. The Hall–Kier alpha value is -3.17. The summed E-state index contributed by atoms with van der Waals surface area (Å²) >= 11 is 2.34. The maximum atomic E-state index is 13.7. The number of carboxylic acids is 1. The van der Waals surface area contributed by atoms with Gasteiger partial charge in [0.25, 0.3) is 5.56 Å². The van der Waals surface area contributed by atoms with E-state index in [-0.39, 0.29) is 21.6 Å². The second-order valence-corrected chi connectivity index (χ2v) is 9.93. The number of rotatable bonds is 5. The van der Waals surface area contributed by atoms with E-state index < -0.39 is 22.0 Å². The first-order valence-corrected chi connectivity index (χ1v) is 10.9. The number of thiophene rings is 1. The quantitative estimate of drug-likeness (QED) is 0.428. The number of halogens is 1. The van der Waals surface area contributed by atoms with Crippen LogP contribution in [-0.2, 0) is 4.75 Å². The molecule has 6 nitrogen and oxygen atoms in total. The summed E-state index contributed by atoms with van der Waals surface area (Å²) in [5.41, 5.74) is -0.0337. The van der Waals surface area contributed by atoms with Gasteiger partial charge in [0.2, 0.25) is 0 Å². The number of hydrogen-bond acceptors (Lipinski definition) is 5. The van der Waals surface area contributed by atoms with Crippen LogP contribution in [0.1, 0.15) is 29.1 Å². The molecular formula is C22H17FN2O4S2. The van der Waals surface area contributed by atoms with Gasteiger partial charge in [0.1, 0.15) is 10.7 Å². The van der Waals surface area contributed by atoms with Crippen molar-refractivity contribution in [2.75, 3.05) is 0 Å². The molecule has 4 aromatic rings. The van der Waals surface area contributed by atoms with E-state index in [9.17, 15) is 23.9 Å². The van der Waals surface area contributed by atoms with Gasteiger partial charge in [-0.2, -0.15) is 0 Å². The second-order valence-electron chi connectivity index (χ2n) is 7.35. The van der Waals surface area contributed by atoms with Gasteiger partial charge in [-0.3, -0.25) is 4.79 Å². The van der Waals surface area contributed by atoms with Crippen LogP contribution in [0, 0.1) is 5.82 Å². The summed E-state index contributed by atoms with van der Waals surface area (Å²) in [4.78, 5) is 40.3. The van der Waals surface area contributed by atoms with Crippen LogP contribution < -0.4 is 11.2 Å². The van der Waals surface area contributed by atoms with Gasteiger partial charge in [-0.25, -0.2) is 18.5 Å². The lowest BCUT2D eigenvalue weighted by Gasteiger charge is -2.25. The van der Waals surface area contributed by atoms with Crippen LogP contribution >= 0.6 is 23.1 Å². The Morgan fingerprint density at radius 1 is 1.16 bits per heavy atom. The number of carboxylic acid groups (broad SMARTS) is 1. The summed E-state index contributed by atoms with van der Waals surface area (Å²) in [5, 5.41) is 10.8. The van der Waals surface area contributed by atoms with Gasteiger partial charge in [0.05, 0.1) is 16.6 Å². The molecule has 0 amide bonds. The number of benzene rings is 2. The number of aromatic nitrogens is 2. The zero-order valence-corrected chi connectivity index (χ0v) is 18.1. The van der Waals surface area contributed by atoms with Crippen molar-refractivity contribution in [2.45, 2.75) is 23.5 Å². The predicted octanol–water partition coefficient (Wildman–Crippen LogP) is 4.61. The molecule has 0 aliphatic heterocycles. The smallest absolute Gasteiger partial charge is 0.346 e. The Labute approximate surface area is 184 Å². The van der Waals surface area contributed by atoms with Crippen molar-refractivity contribution in [3.8, 4) is 5.69 Å². The van der Waals surface area contributed by atoms with E-state index in [1.54, 1.807) is 24.3 Å². The number of carbonyl (C=O) groups is 1. The number of nitrogens with one attached hydrogen (secondary N) is 1. The molecule has 2 heterocycles. The summed E-state index contributed by atoms with van der Waals surface area (Å²) in [6.45, 7) is 3.91. The summed E-state index contributed by atoms with van der Waals surface area (Å²) in [6.07, 6.45) is 0. The van der Waals surface area contributed by atoms with Crippen LogP contribution in [0.4, 0.5) is 4.39 Å². The van der Waals surface area contributed by atoms with Crippen LogP contribution in [0.15, 0.2) is 68.4 Å². The highest BCUT2D eigenvalue weighted by Crippen LogP contribution is 2.41. The number of nitrogens with zero attached hydrogens (tertiary/aromatic N) is 1. The molecule has 2 N–H and O–H groups in total. The van der Waals surface area contributed by atoms with Crippen molar-refractivity contribution < 1.29 is 14.3 Å². The third kappa shape index (κ3) is 3.94. The molecule has 0 radical (unpaired) electrons. The third-order valence-electron chi connectivity index (χ3n) is 4.82. The number of aromatic carboxylic acids is 1. The summed E-state index contributed by atoms with van der Waals surface area (Å²) < 4.78 is 14.1. The molecular weight excluding hydrogens is 439 g/mol. The number of hydrogen-bond donors (Lipinski definition) is 2. The lowest BCUT2D eigenvalue weighted by molar-refractivity contribution is 0.0704.